The highest BCUT2D eigenvalue weighted by Crippen LogP contribution is 2.46. The normalized spacial score (nSPS) is 10.0. The summed E-state index contributed by atoms with van der Waals surface area (Å²) in [5.41, 5.74) is 5.59. The first kappa shape index (κ1) is 8.76. The second-order valence-electron chi connectivity index (χ2n) is 3.09. The second-order valence-corrected chi connectivity index (χ2v) is 3.09. The van der Waals surface area contributed by atoms with Crippen LogP contribution in [0.4, 0.5) is 0 Å². The zero-order valence-corrected chi connectivity index (χ0v) is 8.03. The van der Waals surface area contributed by atoms with Crippen molar-refractivity contribution in [2.45, 2.75) is 0 Å². The van der Waals surface area contributed by atoms with Gasteiger partial charge in [-0.25, -0.2) is 0 Å². The quantitative estimate of drug-likeness (QED) is 0.456. The second kappa shape index (κ2) is 3.51. The summed E-state index contributed by atoms with van der Waals surface area (Å²) in [6.45, 7) is 6.00. The van der Waals surface area contributed by atoms with Gasteiger partial charge in [0.05, 0.1) is 0 Å². The van der Waals surface area contributed by atoms with Gasteiger partial charge < -0.3 is 0 Å². The zero-order valence-electron chi connectivity index (χ0n) is 8.03. The molecule has 1 aliphatic rings. The highest BCUT2D eigenvalue weighted by atomic mass is 14.2. The third-order valence-electron chi connectivity index (χ3n) is 2.43. The molecule has 0 N–H and O–H groups in total. The molecule has 0 aliphatic heterocycles. The molecule has 0 saturated heterocycles. The van der Waals surface area contributed by atoms with Crippen LogP contribution in [0.25, 0.3) is 22.3 Å². The van der Waals surface area contributed by atoms with Crippen molar-refractivity contribution in [3.05, 3.63) is 61.7 Å². The van der Waals surface area contributed by atoms with Crippen LogP contribution in [0.15, 0.2) is 61.7 Å². The minimum absolute atomic E-state index is 1.40. The van der Waals surface area contributed by atoms with Gasteiger partial charge in [0, 0.05) is 0 Å². The van der Waals surface area contributed by atoms with E-state index in [0.717, 1.165) is 0 Å². The molecule has 0 atom stereocenters. The van der Waals surface area contributed by atoms with Gasteiger partial charge in [-0.3, -0.25) is 0 Å². The molecule has 0 aromatic heterocycles. The van der Waals surface area contributed by atoms with Crippen molar-refractivity contribution >= 4 is 0 Å². The third-order valence-corrected chi connectivity index (χ3v) is 2.43. The number of hydrogen-bond acceptors (Lipinski definition) is 0. The lowest BCUT2D eigenvalue weighted by Crippen LogP contribution is -1.96. The molecule has 0 heterocycles. The zero-order chi connectivity index (χ0) is 9.97. The predicted octanol–water partition coefficient (Wildman–Crippen LogP) is 4.14. The Morgan fingerprint density at radius 2 is 0.714 bits per heavy atom. The predicted molar refractivity (Wildman–Crippen MR) is 62.1 cm³/mol. The largest absolute Gasteiger partial charge is 0.106 e. The van der Waals surface area contributed by atoms with Gasteiger partial charge in [0.25, 0.3) is 0 Å². The summed E-state index contributed by atoms with van der Waals surface area (Å²) in [7, 11) is 0. The van der Waals surface area contributed by atoms with E-state index in [1.807, 2.05) is 0 Å². The number of rotatable bonds is 0. The van der Waals surface area contributed by atoms with Gasteiger partial charge >= 0.3 is 0 Å². The Morgan fingerprint density at radius 1 is 0.500 bits per heavy atom. The maximum absolute atomic E-state index is 3.00. The Labute approximate surface area is 84.5 Å². The van der Waals surface area contributed by atoms with Crippen LogP contribution in [0.1, 0.15) is 0 Å². The molecule has 0 radical (unpaired) electrons. The molecule has 0 spiro atoms. The highest BCUT2D eigenvalue weighted by Gasteiger charge is 2.19. The van der Waals surface area contributed by atoms with Crippen LogP contribution in [-0.2, 0) is 0 Å². The lowest BCUT2D eigenvalue weighted by Gasteiger charge is -2.22. The maximum Gasteiger partial charge on any atom is -0.00990 e. The first-order valence-electron chi connectivity index (χ1n) is 4.65. The Morgan fingerprint density at radius 3 is 0.929 bits per heavy atom. The standard InChI is InChI=1S/C12H8.C2H4/c1-2-6-10-9(5-1)11-7-3-4-8-12(10)11;1-2/h1-8H;1-2H2. The average molecular weight is 180 g/mol. The lowest BCUT2D eigenvalue weighted by atomic mass is 9.81. The van der Waals surface area contributed by atoms with Crippen molar-refractivity contribution in [2.75, 3.05) is 0 Å². The molecule has 0 unspecified atom stereocenters. The van der Waals surface area contributed by atoms with Gasteiger partial charge in [0.2, 0.25) is 0 Å². The molecular weight excluding hydrogens is 168 g/mol. The van der Waals surface area contributed by atoms with E-state index >= 15 is 0 Å². The third kappa shape index (κ3) is 1.08. The monoisotopic (exact) mass is 180 g/mol. The van der Waals surface area contributed by atoms with E-state index < -0.39 is 0 Å². The molecule has 0 amide bonds. The number of fused-ring (bicyclic) bond motifs is 4. The van der Waals surface area contributed by atoms with E-state index in [9.17, 15) is 0 Å². The molecule has 68 valence electrons. The Kier molecular flexibility index (Phi) is 2.19. The first-order valence-corrected chi connectivity index (χ1v) is 4.65. The summed E-state index contributed by atoms with van der Waals surface area (Å²) in [6.07, 6.45) is 0. The van der Waals surface area contributed by atoms with Gasteiger partial charge in [0.1, 0.15) is 0 Å². The van der Waals surface area contributed by atoms with Crippen LogP contribution in [0, 0.1) is 0 Å². The molecule has 0 heteroatoms. The first-order chi connectivity index (χ1) is 6.97. The molecular formula is C14H12. The summed E-state index contributed by atoms with van der Waals surface area (Å²) >= 11 is 0. The summed E-state index contributed by atoms with van der Waals surface area (Å²) in [6, 6.07) is 17.1. The van der Waals surface area contributed by atoms with Gasteiger partial charge in [0.15, 0.2) is 0 Å². The molecule has 3 rings (SSSR count). The average Bonchev–Trinajstić information content (AvgIpc) is 2.29. The van der Waals surface area contributed by atoms with E-state index in [2.05, 4.69) is 61.7 Å². The van der Waals surface area contributed by atoms with Gasteiger partial charge in [-0.2, -0.15) is 0 Å². The Bertz CT molecular complexity index is 355. The van der Waals surface area contributed by atoms with Crippen molar-refractivity contribution in [1.29, 1.82) is 0 Å². The molecule has 0 saturated carbocycles. The van der Waals surface area contributed by atoms with Crippen LogP contribution in [0.2, 0.25) is 0 Å². The van der Waals surface area contributed by atoms with Gasteiger partial charge in [-0.15, -0.1) is 13.2 Å². The van der Waals surface area contributed by atoms with E-state index in [-0.39, 0.29) is 0 Å². The fourth-order valence-corrected chi connectivity index (χ4v) is 1.84. The molecule has 0 nitrogen and oxygen atoms in total. The van der Waals surface area contributed by atoms with Crippen molar-refractivity contribution in [3.8, 4) is 22.3 Å². The molecule has 2 aromatic rings. The summed E-state index contributed by atoms with van der Waals surface area (Å²) in [5.74, 6) is 0. The summed E-state index contributed by atoms with van der Waals surface area (Å²) in [4.78, 5) is 0. The molecule has 2 aromatic carbocycles. The van der Waals surface area contributed by atoms with Gasteiger partial charge in [-0.05, 0) is 22.3 Å². The van der Waals surface area contributed by atoms with E-state index in [1.165, 1.54) is 22.3 Å². The van der Waals surface area contributed by atoms with Crippen molar-refractivity contribution in [2.24, 2.45) is 0 Å². The smallest absolute Gasteiger partial charge is 0.00990 e. The molecule has 0 fully saturated rings. The fourth-order valence-electron chi connectivity index (χ4n) is 1.84. The molecule has 0 bridgehead atoms. The maximum atomic E-state index is 3.00. The highest BCUT2D eigenvalue weighted by molar-refractivity contribution is 6.01. The van der Waals surface area contributed by atoms with Crippen molar-refractivity contribution in [1.82, 2.24) is 0 Å². The Balaban J connectivity index is 0.000000354. The summed E-state index contributed by atoms with van der Waals surface area (Å²) < 4.78 is 0. The van der Waals surface area contributed by atoms with E-state index in [0.29, 0.717) is 0 Å². The topological polar surface area (TPSA) is 0 Å². The number of hydrogen-bond donors (Lipinski definition) is 0. The van der Waals surface area contributed by atoms with Crippen LogP contribution in [-0.4, -0.2) is 0 Å². The van der Waals surface area contributed by atoms with Crippen molar-refractivity contribution in [3.63, 3.8) is 0 Å². The minimum atomic E-state index is 1.40. The van der Waals surface area contributed by atoms with Crippen LogP contribution < -0.4 is 0 Å². The Hall–Kier alpha value is -1.82. The van der Waals surface area contributed by atoms with Crippen LogP contribution in [0.5, 0.6) is 0 Å². The van der Waals surface area contributed by atoms with Gasteiger partial charge in [-0.1, -0.05) is 48.5 Å². The van der Waals surface area contributed by atoms with Crippen molar-refractivity contribution < 1.29 is 0 Å². The lowest BCUT2D eigenvalue weighted by molar-refractivity contribution is 1.52. The van der Waals surface area contributed by atoms with E-state index in [4.69, 9.17) is 0 Å². The van der Waals surface area contributed by atoms with E-state index in [1.54, 1.807) is 0 Å². The summed E-state index contributed by atoms with van der Waals surface area (Å²) in [5, 5.41) is 0. The SMILES string of the molecule is C=C.c1ccc2c(c1)-c1ccccc1-2. The fraction of sp³-hybridized carbons (Fsp3) is 0. The minimum Gasteiger partial charge on any atom is -0.106 e. The molecule has 14 heavy (non-hydrogen) atoms. The molecule has 1 aliphatic carbocycles. The number of benzene rings is 2. The van der Waals surface area contributed by atoms with Crippen LogP contribution in [0.3, 0.4) is 0 Å². The van der Waals surface area contributed by atoms with Crippen LogP contribution >= 0.6 is 0 Å².